The van der Waals surface area contributed by atoms with Gasteiger partial charge in [0.05, 0.1) is 17.9 Å². The van der Waals surface area contributed by atoms with Gasteiger partial charge in [0.15, 0.2) is 0 Å². The number of hydrogen-bond donors (Lipinski definition) is 1. The van der Waals surface area contributed by atoms with Crippen molar-refractivity contribution in [3.8, 4) is 0 Å². The summed E-state index contributed by atoms with van der Waals surface area (Å²) in [4.78, 5) is 25.5. The van der Waals surface area contributed by atoms with Crippen molar-refractivity contribution in [2.45, 2.75) is 45.6 Å². The molecule has 1 aliphatic carbocycles. The van der Waals surface area contributed by atoms with Gasteiger partial charge < -0.3 is 5.11 Å². The Kier molecular flexibility index (Phi) is 3.52. The van der Waals surface area contributed by atoms with Crippen molar-refractivity contribution in [2.75, 3.05) is 6.54 Å². The van der Waals surface area contributed by atoms with Crippen LogP contribution in [0.1, 0.15) is 39.5 Å². The molecule has 2 aliphatic rings. The molecule has 0 bridgehead atoms. The third-order valence-corrected chi connectivity index (χ3v) is 4.12. The van der Waals surface area contributed by atoms with Gasteiger partial charge in [0, 0.05) is 6.54 Å². The number of hydrogen-bond acceptors (Lipinski definition) is 3. The lowest BCUT2D eigenvalue weighted by atomic mass is 10.00. The standard InChI is InChI=1S/C13H21NO3/c1-3-9(15)4-5-14-12(16)10-6-8(2)7-11(10)13(14)17/h8-11,15H,3-7H2,1-2H3. The van der Waals surface area contributed by atoms with Gasteiger partial charge in [-0.2, -0.15) is 0 Å². The zero-order chi connectivity index (χ0) is 12.6. The first-order valence-electron chi connectivity index (χ1n) is 6.57. The van der Waals surface area contributed by atoms with E-state index < -0.39 is 6.10 Å². The summed E-state index contributed by atoms with van der Waals surface area (Å²) in [6, 6.07) is 0. The number of carbonyl (C=O) groups is 2. The van der Waals surface area contributed by atoms with Crippen molar-refractivity contribution in [2.24, 2.45) is 17.8 Å². The SMILES string of the molecule is CCC(O)CCN1C(=O)C2CC(C)CC2C1=O. The summed E-state index contributed by atoms with van der Waals surface area (Å²) >= 11 is 0. The molecule has 96 valence electrons. The fourth-order valence-corrected chi connectivity index (χ4v) is 3.05. The second-order valence-electron chi connectivity index (χ2n) is 5.47. The van der Waals surface area contributed by atoms with Crippen molar-refractivity contribution in [3.05, 3.63) is 0 Å². The third kappa shape index (κ3) is 2.23. The fraction of sp³-hybridized carbons (Fsp3) is 0.846. The number of carbonyl (C=O) groups excluding carboxylic acids is 2. The summed E-state index contributed by atoms with van der Waals surface area (Å²) in [5.74, 6) is 0.328. The molecule has 2 fully saturated rings. The lowest BCUT2D eigenvalue weighted by molar-refractivity contribution is -0.140. The highest BCUT2D eigenvalue weighted by molar-refractivity contribution is 6.05. The average molecular weight is 239 g/mol. The molecule has 2 amide bonds. The van der Waals surface area contributed by atoms with Crippen LogP contribution in [0, 0.1) is 17.8 Å². The minimum Gasteiger partial charge on any atom is -0.393 e. The molecular weight excluding hydrogens is 218 g/mol. The molecule has 4 nitrogen and oxygen atoms in total. The molecule has 1 saturated carbocycles. The first-order valence-corrected chi connectivity index (χ1v) is 6.57. The molecule has 0 spiro atoms. The quantitative estimate of drug-likeness (QED) is 0.749. The van der Waals surface area contributed by atoms with Crippen LogP contribution in [0.15, 0.2) is 0 Å². The molecule has 3 atom stereocenters. The Morgan fingerprint density at radius 1 is 1.29 bits per heavy atom. The first kappa shape index (κ1) is 12.6. The van der Waals surface area contributed by atoms with E-state index in [1.165, 1.54) is 4.90 Å². The number of likely N-dealkylation sites (tertiary alicyclic amines) is 1. The van der Waals surface area contributed by atoms with Crippen LogP contribution in [0.5, 0.6) is 0 Å². The van der Waals surface area contributed by atoms with Crippen molar-refractivity contribution < 1.29 is 14.7 Å². The highest BCUT2D eigenvalue weighted by Crippen LogP contribution is 2.42. The van der Waals surface area contributed by atoms with Gasteiger partial charge in [-0.15, -0.1) is 0 Å². The number of nitrogens with zero attached hydrogens (tertiary/aromatic N) is 1. The summed E-state index contributed by atoms with van der Waals surface area (Å²) in [6.45, 7) is 4.38. The lowest BCUT2D eigenvalue weighted by Gasteiger charge is -2.18. The second-order valence-corrected chi connectivity index (χ2v) is 5.47. The minimum absolute atomic E-state index is 0.00680. The van der Waals surface area contributed by atoms with E-state index in [2.05, 4.69) is 6.92 Å². The van der Waals surface area contributed by atoms with Crippen molar-refractivity contribution in [3.63, 3.8) is 0 Å². The maximum absolute atomic E-state index is 12.1. The number of rotatable bonds is 4. The topological polar surface area (TPSA) is 57.6 Å². The summed E-state index contributed by atoms with van der Waals surface area (Å²) < 4.78 is 0. The van der Waals surface area contributed by atoms with Crippen molar-refractivity contribution in [1.82, 2.24) is 4.90 Å². The van der Waals surface area contributed by atoms with Gasteiger partial charge in [-0.05, 0) is 31.6 Å². The fourth-order valence-electron chi connectivity index (χ4n) is 3.05. The van der Waals surface area contributed by atoms with Crippen LogP contribution < -0.4 is 0 Å². The maximum Gasteiger partial charge on any atom is 0.233 e. The van der Waals surface area contributed by atoms with Crippen LogP contribution >= 0.6 is 0 Å². The monoisotopic (exact) mass is 239 g/mol. The Labute approximate surface area is 102 Å². The van der Waals surface area contributed by atoms with Gasteiger partial charge in [0.2, 0.25) is 11.8 Å². The molecule has 17 heavy (non-hydrogen) atoms. The zero-order valence-electron chi connectivity index (χ0n) is 10.6. The van der Waals surface area contributed by atoms with Crippen LogP contribution in [-0.4, -0.2) is 34.5 Å². The Morgan fingerprint density at radius 3 is 2.29 bits per heavy atom. The molecule has 2 rings (SSSR count). The zero-order valence-corrected chi connectivity index (χ0v) is 10.6. The average Bonchev–Trinajstić information content (AvgIpc) is 2.78. The molecule has 1 heterocycles. The predicted octanol–water partition coefficient (Wildman–Crippen LogP) is 1.18. The van der Waals surface area contributed by atoms with E-state index in [-0.39, 0.29) is 23.7 Å². The van der Waals surface area contributed by atoms with Crippen molar-refractivity contribution >= 4 is 11.8 Å². The smallest absolute Gasteiger partial charge is 0.233 e. The van der Waals surface area contributed by atoms with Crippen LogP contribution in [0.4, 0.5) is 0 Å². The minimum atomic E-state index is -0.407. The van der Waals surface area contributed by atoms with Gasteiger partial charge in [0.25, 0.3) is 0 Å². The van der Waals surface area contributed by atoms with Crippen LogP contribution in [-0.2, 0) is 9.59 Å². The van der Waals surface area contributed by atoms with E-state index >= 15 is 0 Å². The lowest BCUT2D eigenvalue weighted by Crippen LogP contribution is -2.34. The van der Waals surface area contributed by atoms with Gasteiger partial charge in [-0.3, -0.25) is 14.5 Å². The molecule has 3 unspecified atom stereocenters. The molecule has 0 aromatic carbocycles. The van der Waals surface area contributed by atoms with E-state index in [0.29, 0.717) is 25.3 Å². The van der Waals surface area contributed by atoms with Gasteiger partial charge in [0.1, 0.15) is 0 Å². The first-order chi connectivity index (χ1) is 8.04. The van der Waals surface area contributed by atoms with E-state index in [1.54, 1.807) is 0 Å². The van der Waals surface area contributed by atoms with E-state index in [0.717, 1.165) is 12.8 Å². The predicted molar refractivity (Wildman–Crippen MR) is 63.0 cm³/mol. The summed E-state index contributed by atoms with van der Waals surface area (Å²) in [5.41, 5.74) is 0. The Hall–Kier alpha value is -0.900. The molecule has 1 aliphatic heterocycles. The number of imide groups is 1. The number of amides is 2. The summed E-state index contributed by atoms with van der Waals surface area (Å²) in [7, 11) is 0. The molecule has 0 aromatic rings. The highest BCUT2D eigenvalue weighted by Gasteiger charge is 2.51. The van der Waals surface area contributed by atoms with E-state index in [9.17, 15) is 14.7 Å². The van der Waals surface area contributed by atoms with Gasteiger partial charge in [-0.1, -0.05) is 13.8 Å². The van der Waals surface area contributed by atoms with Gasteiger partial charge >= 0.3 is 0 Å². The normalized spacial score (nSPS) is 34.3. The molecule has 0 radical (unpaired) electrons. The van der Waals surface area contributed by atoms with Crippen LogP contribution in [0.2, 0.25) is 0 Å². The highest BCUT2D eigenvalue weighted by atomic mass is 16.3. The molecule has 1 saturated heterocycles. The Balaban J connectivity index is 1.97. The number of fused-ring (bicyclic) bond motifs is 1. The summed E-state index contributed by atoms with van der Waals surface area (Å²) in [6.07, 6.45) is 2.46. The van der Waals surface area contributed by atoms with Gasteiger partial charge in [-0.25, -0.2) is 0 Å². The van der Waals surface area contributed by atoms with Crippen LogP contribution in [0.25, 0.3) is 0 Å². The third-order valence-electron chi connectivity index (χ3n) is 4.12. The number of aliphatic hydroxyl groups excluding tert-OH is 1. The van der Waals surface area contributed by atoms with Crippen molar-refractivity contribution in [1.29, 1.82) is 0 Å². The molecule has 0 aromatic heterocycles. The van der Waals surface area contributed by atoms with E-state index in [4.69, 9.17) is 0 Å². The number of aliphatic hydroxyl groups is 1. The summed E-state index contributed by atoms with van der Waals surface area (Å²) in [5, 5.41) is 9.49. The van der Waals surface area contributed by atoms with Crippen LogP contribution in [0.3, 0.4) is 0 Å². The molecular formula is C13H21NO3. The second kappa shape index (κ2) is 4.77. The Morgan fingerprint density at radius 2 is 1.82 bits per heavy atom. The maximum atomic E-state index is 12.1. The molecule has 4 heteroatoms. The Bertz CT molecular complexity index is 305. The largest absolute Gasteiger partial charge is 0.393 e. The van der Waals surface area contributed by atoms with E-state index in [1.807, 2.05) is 6.92 Å². The molecule has 1 N–H and O–H groups in total.